The SMILES string of the molecule is COc1cc(CN=C(NCCc2ccco2)NC2CCCC2)cc(OC)c1OC. The maximum Gasteiger partial charge on any atom is 0.203 e. The lowest BCUT2D eigenvalue weighted by Crippen LogP contribution is -2.43. The Labute approximate surface area is 172 Å². The first-order valence-electron chi connectivity index (χ1n) is 10.1. The van der Waals surface area contributed by atoms with Gasteiger partial charge in [0, 0.05) is 19.0 Å². The Balaban J connectivity index is 1.70. The van der Waals surface area contributed by atoms with Gasteiger partial charge in [-0.05, 0) is 42.7 Å². The summed E-state index contributed by atoms with van der Waals surface area (Å²) in [4.78, 5) is 4.79. The molecule has 0 aliphatic heterocycles. The van der Waals surface area contributed by atoms with E-state index in [0.717, 1.165) is 30.2 Å². The normalized spacial score (nSPS) is 14.7. The van der Waals surface area contributed by atoms with E-state index in [-0.39, 0.29) is 0 Å². The van der Waals surface area contributed by atoms with Crippen LogP contribution in [-0.4, -0.2) is 39.9 Å². The third-order valence-corrected chi connectivity index (χ3v) is 5.08. The number of nitrogens with zero attached hydrogens (tertiary/aromatic N) is 1. The molecule has 0 bridgehead atoms. The Kier molecular flexibility index (Phi) is 7.67. The molecule has 1 aromatic carbocycles. The molecule has 0 atom stereocenters. The van der Waals surface area contributed by atoms with Crippen molar-refractivity contribution in [3.63, 3.8) is 0 Å². The Morgan fingerprint density at radius 3 is 2.41 bits per heavy atom. The summed E-state index contributed by atoms with van der Waals surface area (Å²) in [6, 6.07) is 8.23. The fraction of sp³-hybridized carbons (Fsp3) is 0.500. The molecular weight excluding hydrogens is 370 g/mol. The zero-order chi connectivity index (χ0) is 20.5. The third-order valence-electron chi connectivity index (χ3n) is 5.08. The number of rotatable bonds is 9. The number of benzene rings is 1. The molecule has 1 heterocycles. The number of hydrogen-bond donors (Lipinski definition) is 2. The topological polar surface area (TPSA) is 77.2 Å². The fourth-order valence-corrected chi connectivity index (χ4v) is 3.57. The van der Waals surface area contributed by atoms with Gasteiger partial charge in [0.15, 0.2) is 17.5 Å². The first-order valence-corrected chi connectivity index (χ1v) is 10.1. The van der Waals surface area contributed by atoms with Crippen molar-refractivity contribution in [2.45, 2.75) is 44.7 Å². The average Bonchev–Trinajstić information content (AvgIpc) is 3.45. The molecule has 0 unspecified atom stereocenters. The van der Waals surface area contributed by atoms with E-state index in [1.165, 1.54) is 25.7 Å². The van der Waals surface area contributed by atoms with Crippen molar-refractivity contribution in [1.82, 2.24) is 10.6 Å². The van der Waals surface area contributed by atoms with Crippen molar-refractivity contribution in [2.24, 2.45) is 4.99 Å². The largest absolute Gasteiger partial charge is 0.493 e. The molecule has 2 N–H and O–H groups in total. The molecule has 1 aliphatic rings. The van der Waals surface area contributed by atoms with Crippen LogP contribution in [0, 0.1) is 0 Å². The minimum Gasteiger partial charge on any atom is -0.493 e. The van der Waals surface area contributed by atoms with Crippen molar-refractivity contribution in [1.29, 1.82) is 0 Å². The van der Waals surface area contributed by atoms with Gasteiger partial charge in [-0.1, -0.05) is 12.8 Å². The van der Waals surface area contributed by atoms with E-state index in [0.29, 0.717) is 29.8 Å². The Bertz CT molecular complexity index is 758. The van der Waals surface area contributed by atoms with Crippen molar-refractivity contribution in [2.75, 3.05) is 27.9 Å². The van der Waals surface area contributed by atoms with Gasteiger partial charge in [-0.15, -0.1) is 0 Å². The van der Waals surface area contributed by atoms with Gasteiger partial charge in [-0.2, -0.15) is 0 Å². The Morgan fingerprint density at radius 2 is 1.83 bits per heavy atom. The summed E-state index contributed by atoms with van der Waals surface area (Å²) in [5.74, 6) is 3.63. The van der Waals surface area contributed by atoms with Gasteiger partial charge in [0.25, 0.3) is 0 Å². The van der Waals surface area contributed by atoms with E-state index < -0.39 is 0 Å². The minimum atomic E-state index is 0.477. The molecule has 1 saturated carbocycles. The van der Waals surface area contributed by atoms with Gasteiger partial charge in [-0.3, -0.25) is 0 Å². The standard InChI is InChI=1S/C22H31N3O4/c1-26-19-13-16(14-20(27-2)21(19)28-3)15-24-22(25-17-7-4-5-8-17)23-11-10-18-9-6-12-29-18/h6,9,12-14,17H,4-5,7-8,10-11,15H2,1-3H3,(H2,23,24,25). The summed E-state index contributed by atoms with van der Waals surface area (Å²) in [6.07, 6.45) is 7.41. The highest BCUT2D eigenvalue weighted by Gasteiger charge is 2.17. The van der Waals surface area contributed by atoms with Gasteiger partial charge < -0.3 is 29.3 Å². The van der Waals surface area contributed by atoms with Crippen LogP contribution in [-0.2, 0) is 13.0 Å². The quantitative estimate of drug-likeness (QED) is 0.494. The van der Waals surface area contributed by atoms with Crippen LogP contribution in [0.2, 0.25) is 0 Å². The monoisotopic (exact) mass is 401 g/mol. The maximum atomic E-state index is 5.44. The van der Waals surface area contributed by atoms with Crippen molar-refractivity contribution in [3.8, 4) is 17.2 Å². The summed E-state index contributed by atoms with van der Waals surface area (Å²) >= 11 is 0. The molecular formula is C22H31N3O4. The molecule has 1 aromatic heterocycles. The molecule has 0 spiro atoms. The van der Waals surface area contributed by atoms with Crippen molar-refractivity contribution >= 4 is 5.96 Å². The highest BCUT2D eigenvalue weighted by Crippen LogP contribution is 2.38. The van der Waals surface area contributed by atoms with Gasteiger partial charge >= 0.3 is 0 Å². The van der Waals surface area contributed by atoms with E-state index >= 15 is 0 Å². The number of furan rings is 1. The minimum absolute atomic E-state index is 0.477. The highest BCUT2D eigenvalue weighted by atomic mass is 16.5. The molecule has 1 aliphatic carbocycles. The number of hydrogen-bond acceptors (Lipinski definition) is 5. The molecule has 3 rings (SSSR count). The van der Waals surface area contributed by atoms with Crippen molar-refractivity contribution in [3.05, 3.63) is 41.9 Å². The van der Waals surface area contributed by atoms with E-state index in [2.05, 4.69) is 10.6 Å². The molecule has 0 saturated heterocycles. The maximum absolute atomic E-state index is 5.44. The average molecular weight is 402 g/mol. The second kappa shape index (κ2) is 10.6. The molecule has 7 nitrogen and oxygen atoms in total. The van der Waals surface area contributed by atoms with Gasteiger partial charge in [-0.25, -0.2) is 4.99 Å². The number of nitrogens with one attached hydrogen (secondary N) is 2. The number of ether oxygens (including phenoxy) is 3. The molecule has 29 heavy (non-hydrogen) atoms. The van der Waals surface area contributed by atoms with Crippen LogP contribution in [0.5, 0.6) is 17.2 Å². The van der Waals surface area contributed by atoms with Gasteiger partial charge in [0.05, 0.1) is 34.1 Å². The Hall–Kier alpha value is -2.83. The summed E-state index contributed by atoms with van der Waals surface area (Å²) in [6.45, 7) is 1.25. The van der Waals surface area contributed by atoms with Crippen LogP contribution in [0.4, 0.5) is 0 Å². The lowest BCUT2D eigenvalue weighted by atomic mass is 10.2. The van der Waals surface area contributed by atoms with Crippen LogP contribution in [0.25, 0.3) is 0 Å². The van der Waals surface area contributed by atoms with E-state index in [1.54, 1.807) is 27.6 Å². The molecule has 158 valence electrons. The first-order chi connectivity index (χ1) is 14.2. The second-order valence-electron chi connectivity index (χ2n) is 7.08. The predicted molar refractivity (Wildman–Crippen MR) is 113 cm³/mol. The molecule has 0 amide bonds. The summed E-state index contributed by atoms with van der Waals surface area (Å²) in [5, 5.41) is 6.99. The lowest BCUT2D eigenvalue weighted by Gasteiger charge is -2.18. The van der Waals surface area contributed by atoms with E-state index in [9.17, 15) is 0 Å². The zero-order valence-corrected chi connectivity index (χ0v) is 17.5. The lowest BCUT2D eigenvalue weighted by molar-refractivity contribution is 0.324. The van der Waals surface area contributed by atoms with E-state index in [1.807, 2.05) is 24.3 Å². The summed E-state index contributed by atoms with van der Waals surface area (Å²) < 4.78 is 21.7. The smallest absolute Gasteiger partial charge is 0.203 e. The summed E-state index contributed by atoms with van der Waals surface area (Å²) in [7, 11) is 4.84. The van der Waals surface area contributed by atoms with Crippen molar-refractivity contribution < 1.29 is 18.6 Å². The highest BCUT2D eigenvalue weighted by molar-refractivity contribution is 5.80. The fourth-order valence-electron chi connectivity index (χ4n) is 3.57. The molecule has 2 aromatic rings. The first kappa shape index (κ1) is 20.9. The van der Waals surface area contributed by atoms with Crippen LogP contribution < -0.4 is 24.8 Å². The van der Waals surface area contributed by atoms with Gasteiger partial charge in [0.2, 0.25) is 5.75 Å². The van der Waals surface area contributed by atoms with Crippen LogP contribution in [0.3, 0.4) is 0 Å². The summed E-state index contributed by atoms with van der Waals surface area (Å²) in [5.41, 5.74) is 0.984. The van der Waals surface area contributed by atoms with Crippen LogP contribution in [0.15, 0.2) is 39.9 Å². The third kappa shape index (κ3) is 5.82. The van der Waals surface area contributed by atoms with Crippen LogP contribution >= 0.6 is 0 Å². The predicted octanol–water partition coefficient (Wildman–Crippen LogP) is 3.53. The van der Waals surface area contributed by atoms with E-state index in [4.69, 9.17) is 23.6 Å². The van der Waals surface area contributed by atoms with Crippen LogP contribution in [0.1, 0.15) is 37.0 Å². The number of guanidine groups is 1. The number of aliphatic imine (C=N–C) groups is 1. The number of methoxy groups -OCH3 is 3. The molecule has 1 fully saturated rings. The molecule has 7 heteroatoms. The molecule has 0 radical (unpaired) electrons. The van der Waals surface area contributed by atoms with Gasteiger partial charge in [0.1, 0.15) is 5.76 Å². The zero-order valence-electron chi connectivity index (χ0n) is 17.5. The second-order valence-corrected chi connectivity index (χ2v) is 7.08. The Morgan fingerprint density at radius 1 is 1.10 bits per heavy atom.